The fourth-order valence-corrected chi connectivity index (χ4v) is 1.87. The molecular weight excluding hydrogens is 288 g/mol. The lowest BCUT2D eigenvalue weighted by Crippen LogP contribution is -2.06. The van der Waals surface area contributed by atoms with E-state index in [4.69, 9.17) is 19.7 Å². The molecule has 0 aromatic rings. The first-order valence-electron chi connectivity index (χ1n) is 8.23. The second kappa shape index (κ2) is 16.2. The Morgan fingerprint density at radius 1 is 0.591 bits per heavy atom. The van der Waals surface area contributed by atoms with Crippen molar-refractivity contribution in [1.82, 2.24) is 0 Å². The summed E-state index contributed by atoms with van der Waals surface area (Å²) < 4.78 is 10.0. The first-order chi connectivity index (χ1) is 10.7. The van der Waals surface area contributed by atoms with E-state index < -0.39 is 0 Å². The molecule has 22 heavy (non-hydrogen) atoms. The highest BCUT2D eigenvalue weighted by atomic mass is 16.5. The summed E-state index contributed by atoms with van der Waals surface area (Å²) >= 11 is 0. The van der Waals surface area contributed by atoms with Gasteiger partial charge in [-0.1, -0.05) is 25.7 Å². The Morgan fingerprint density at radius 2 is 0.955 bits per heavy atom. The van der Waals surface area contributed by atoms with Crippen LogP contribution in [-0.2, 0) is 19.1 Å². The summed E-state index contributed by atoms with van der Waals surface area (Å²) in [5, 5.41) is 17.1. The molecular formula is C16H30O6. The van der Waals surface area contributed by atoms with Crippen LogP contribution in [0, 0.1) is 0 Å². The number of hydrogen-bond donors (Lipinski definition) is 2. The molecule has 0 unspecified atom stereocenters. The van der Waals surface area contributed by atoms with Crippen LogP contribution in [0.5, 0.6) is 0 Å². The molecule has 0 aliphatic rings. The second-order valence-corrected chi connectivity index (χ2v) is 5.22. The van der Waals surface area contributed by atoms with Crippen LogP contribution in [0.3, 0.4) is 0 Å². The zero-order chi connectivity index (χ0) is 16.5. The van der Waals surface area contributed by atoms with Crippen molar-refractivity contribution in [3.8, 4) is 0 Å². The van der Waals surface area contributed by atoms with Crippen LogP contribution in [0.15, 0.2) is 0 Å². The molecule has 0 fully saturated rings. The van der Waals surface area contributed by atoms with Gasteiger partial charge in [0, 0.05) is 26.1 Å². The van der Waals surface area contributed by atoms with Gasteiger partial charge in [0.1, 0.15) is 0 Å². The molecule has 6 heteroatoms. The minimum Gasteiger partial charge on any atom is -0.466 e. The molecule has 0 aromatic carbocycles. The predicted octanol–water partition coefficient (Wildman–Crippen LogP) is 1.96. The highest BCUT2D eigenvalue weighted by Gasteiger charge is 2.02. The summed E-state index contributed by atoms with van der Waals surface area (Å²) in [6.07, 6.45) is 7.41. The standard InChI is InChI=1S/C16H30O6/c17-11-7-9-15(19)21-13-5-3-1-2-4-6-14-22-16(20)10-8-12-18/h17-18H,1-14H2. The molecule has 2 N–H and O–H groups in total. The predicted molar refractivity (Wildman–Crippen MR) is 82.3 cm³/mol. The molecule has 0 atom stereocenters. The number of aliphatic hydroxyl groups is 2. The molecule has 0 saturated carbocycles. The van der Waals surface area contributed by atoms with E-state index >= 15 is 0 Å². The van der Waals surface area contributed by atoms with Crippen LogP contribution >= 0.6 is 0 Å². The van der Waals surface area contributed by atoms with Crippen molar-refractivity contribution in [1.29, 1.82) is 0 Å². The summed E-state index contributed by atoms with van der Waals surface area (Å²) in [6, 6.07) is 0. The Bertz CT molecular complexity index is 252. The van der Waals surface area contributed by atoms with Gasteiger partial charge in [-0.3, -0.25) is 9.59 Å². The first-order valence-corrected chi connectivity index (χ1v) is 8.23. The lowest BCUT2D eigenvalue weighted by Gasteiger charge is -2.05. The Morgan fingerprint density at radius 3 is 1.32 bits per heavy atom. The third-order valence-corrected chi connectivity index (χ3v) is 3.14. The number of aliphatic hydroxyl groups excluding tert-OH is 2. The van der Waals surface area contributed by atoms with Gasteiger partial charge >= 0.3 is 11.9 Å². The number of esters is 2. The van der Waals surface area contributed by atoms with Crippen LogP contribution in [0.4, 0.5) is 0 Å². The molecule has 6 nitrogen and oxygen atoms in total. The van der Waals surface area contributed by atoms with Gasteiger partial charge in [-0.25, -0.2) is 0 Å². The Balaban J connectivity index is 3.17. The van der Waals surface area contributed by atoms with Gasteiger partial charge in [0.25, 0.3) is 0 Å². The summed E-state index contributed by atoms with van der Waals surface area (Å²) in [5.41, 5.74) is 0. The van der Waals surface area contributed by atoms with Crippen LogP contribution in [0.2, 0.25) is 0 Å². The van der Waals surface area contributed by atoms with Crippen molar-refractivity contribution >= 4 is 11.9 Å². The molecule has 0 aliphatic heterocycles. The number of rotatable bonds is 15. The largest absolute Gasteiger partial charge is 0.466 e. The lowest BCUT2D eigenvalue weighted by atomic mass is 10.1. The maximum absolute atomic E-state index is 11.1. The number of unbranched alkanes of at least 4 members (excludes halogenated alkanes) is 5. The van der Waals surface area contributed by atoms with Crippen molar-refractivity contribution in [2.45, 2.75) is 64.2 Å². The smallest absolute Gasteiger partial charge is 0.305 e. The zero-order valence-electron chi connectivity index (χ0n) is 13.4. The van der Waals surface area contributed by atoms with E-state index in [1.807, 2.05) is 0 Å². The number of carbonyl (C=O) groups is 2. The summed E-state index contributed by atoms with van der Waals surface area (Å²) in [7, 11) is 0. The van der Waals surface area contributed by atoms with Gasteiger partial charge in [-0.2, -0.15) is 0 Å². The number of carbonyl (C=O) groups excluding carboxylic acids is 2. The monoisotopic (exact) mass is 318 g/mol. The number of hydrogen-bond acceptors (Lipinski definition) is 6. The second-order valence-electron chi connectivity index (χ2n) is 5.22. The van der Waals surface area contributed by atoms with E-state index in [1.54, 1.807) is 0 Å². The van der Waals surface area contributed by atoms with Gasteiger partial charge < -0.3 is 19.7 Å². The summed E-state index contributed by atoms with van der Waals surface area (Å²) in [5.74, 6) is -0.478. The van der Waals surface area contributed by atoms with E-state index in [2.05, 4.69) is 0 Å². The molecule has 0 amide bonds. The van der Waals surface area contributed by atoms with Crippen molar-refractivity contribution in [2.24, 2.45) is 0 Å². The van der Waals surface area contributed by atoms with Gasteiger partial charge in [-0.15, -0.1) is 0 Å². The Kier molecular flexibility index (Phi) is 15.4. The SMILES string of the molecule is O=C(CCCO)OCCCCCCCCOC(=O)CCCO. The average Bonchev–Trinajstić information content (AvgIpc) is 2.52. The highest BCUT2D eigenvalue weighted by molar-refractivity contribution is 5.69. The maximum Gasteiger partial charge on any atom is 0.305 e. The van der Waals surface area contributed by atoms with E-state index in [-0.39, 0.29) is 38.0 Å². The quantitative estimate of drug-likeness (QED) is 0.354. The topological polar surface area (TPSA) is 93.1 Å². The first kappa shape index (κ1) is 20.9. The van der Waals surface area contributed by atoms with Crippen LogP contribution in [-0.4, -0.2) is 48.6 Å². The minimum absolute atomic E-state index is 0.0197. The van der Waals surface area contributed by atoms with Gasteiger partial charge in [-0.05, 0) is 25.7 Å². The zero-order valence-corrected chi connectivity index (χ0v) is 13.4. The van der Waals surface area contributed by atoms with Crippen molar-refractivity contribution < 1.29 is 29.3 Å². The van der Waals surface area contributed by atoms with E-state index in [1.165, 1.54) is 0 Å². The lowest BCUT2D eigenvalue weighted by molar-refractivity contribution is -0.145. The van der Waals surface area contributed by atoms with Gasteiger partial charge in [0.15, 0.2) is 0 Å². The summed E-state index contributed by atoms with van der Waals surface area (Å²) in [4.78, 5) is 22.3. The van der Waals surface area contributed by atoms with Crippen molar-refractivity contribution in [3.63, 3.8) is 0 Å². The van der Waals surface area contributed by atoms with E-state index in [0.717, 1.165) is 38.5 Å². The molecule has 0 aromatic heterocycles. The third kappa shape index (κ3) is 15.3. The molecule has 0 radical (unpaired) electrons. The third-order valence-electron chi connectivity index (χ3n) is 3.14. The fourth-order valence-electron chi connectivity index (χ4n) is 1.87. The average molecular weight is 318 g/mol. The molecule has 0 spiro atoms. The maximum atomic E-state index is 11.1. The van der Waals surface area contributed by atoms with Crippen LogP contribution in [0.1, 0.15) is 64.2 Å². The molecule has 0 heterocycles. The molecule has 0 saturated heterocycles. The van der Waals surface area contributed by atoms with Crippen LogP contribution < -0.4 is 0 Å². The van der Waals surface area contributed by atoms with Crippen molar-refractivity contribution in [3.05, 3.63) is 0 Å². The Hall–Kier alpha value is -1.14. The van der Waals surface area contributed by atoms with Gasteiger partial charge in [0.2, 0.25) is 0 Å². The van der Waals surface area contributed by atoms with Crippen LogP contribution in [0.25, 0.3) is 0 Å². The van der Waals surface area contributed by atoms with E-state index in [0.29, 0.717) is 26.1 Å². The van der Waals surface area contributed by atoms with E-state index in [9.17, 15) is 9.59 Å². The molecule has 0 aliphatic carbocycles. The molecule has 0 rings (SSSR count). The van der Waals surface area contributed by atoms with Gasteiger partial charge in [0.05, 0.1) is 13.2 Å². The normalized spacial score (nSPS) is 10.5. The molecule has 130 valence electrons. The fraction of sp³-hybridized carbons (Fsp3) is 0.875. The van der Waals surface area contributed by atoms with Crippen molar-refractivity contribution in [2.75, 3.05) is 26.4 Å². The summed E-state index contributed by atoms with van der Waals surface area (Å²) in [6.45, 7) is 0.942. The molecule has 0 bridgehead atoms. The Labute approximate surface area is 132 Å². The minimum atomic E-state index is -0.239. The number of ether oxygens (including phenoxy) is 2. The highest BCUT2D eigenvalue weighted by Crippen LogP contribution is 2.06.